The fourth-order valence-electron chi connectivity index (χ4n) is 1.75. The molecule has 0 aromatic heterocycles. The number of nitriles is 2. The highest BCUT2D eigenvalue weighted by Gasteiger charge is 2.13. The molecule has 0 bridgehead atoms. The van der Waals surface area contributed by atoms with Crippen LogP contribution in [0, 0.1) is 22.7 Å². The van der Waals surface area contributed by atoms with Crippen molar-refractivity contribution in [2.24, 2.45) is 0 Å². The summed E-state index contributed by atoms with van der Waals surface area (Å²) in [5.74, 6) is 0. The van der Waals surface area contributed by atoms with Crippen molar-refractivity contribution in [1.29, 1.82) is 10.5 Å². The average Bonchev–Trinajstić information content (AvgIpc) is 2.26. The van der Waals surface area contributed by atoms with Crippen molar-refractivity contribution in [2.75, 3.05) is 13.1 Å². The first kappa shape index (κ1) is 10.6. The first-order chi connectivity index (χ1) is 6.79. The van der Waals surface area contributed by atoms with Crippen molar-refractivity contribution < 1.29 is 0 Å². The summed E-state index contributed by atoms with van der Waals surface area (Å²) >= 11 is 0. The highest BCUT2D eigenvalue weighted by molar-refractivity contribution is 5.29. The van der Waals surface area contributed by atoms with Gasteiger partial charge in [0.1, 0.15) is 0 Å². The van der Waals surface area contributed by atoms with E-state index in [2.05, 4.69) is 11.0 Å². The van der Waals surface area contributed by atoms with Gasteiger partial charge in [-0.25, -0.2) is 0 Å². The Bertz CT molecular complexity index is 297. The molecular formula is C11H15N3. The maximum absolute atomic E-state index is 8.87. The number of hydrogen-bond acceptors (Lipinski definition) is 3. The van der Waals surface area contributed by atoms with E-state index in [-0.39, 0.29) is 6.42 Å². The SMILES string of the molecule is C/C(=C(/C#N)CC#N)N1CCCCC1. The summed E-state index contributed by atoms with van der Waals surface area (Å²) in [6.07, 6.45) is 3.91. The fourth-order valence-corrected chi connectivity index (χ4v) is 1.75. The maximum Gasteiger partial charge on any atom is 0.0976 e. The van der Waals surface area contributed by atoms with E-state index >= 15 is 0 Å². The van der Waals surface area contributed by atoms with E-state index in [1.807, 2.05) is 13.0 Å². The highest BCUT2D eigenvalue weighted by Crippen LogP contribution is 2.18. The monoisotopic (exact) mass is 189 g/mol. The molecule has 0 atom stereocenters. The van der Waals surface area contributed by atoms with E-state index < -0.39 is 0 Å². The van der Waals surface area contributed by atoms with Crippen LogP contribution in [0.15, 0.2) is 11.3 Å². The third-order valence-electron chi connectivity index (χ3n) is 2.66. The molecule has 0 N–H and O–H groups in total. The summed E-state index contributed by atoms with van der Waals surface area (Å²) in [7, 11) is 0. The Labute approximate surface area is 85.2 Å². The van der Waals surface area contributed by atoms with Crippen LogP contribution in [-0.2, 0) is 0 Å². The van der Waals surface area contributed by atoms with Gasteiger partial charge in [0.2, 0.25) is 0 Å². The molecule has 1 fully saturated rings. The Morgan fingerprint density at radius 1 is 1.21 bits per heavy atom. The lowest BCUT2D eigenvalue weighted by Gasteiger charge is -2.29. The van der Waals surface area contributed by atoms with E-state index in [4.69, 9.17) is 10.5 Å². The second-order valence-electron chi connectivity index (χ2n) is 3.56. The molecular weight excluding hydrogens is 174 g/mol. The Morgan fingerprint density at radius 2 is 1.86 bits per heavy atom. The number of hydrogen-bond donors (Lipinski definition) is 0. The minimum Gasteiger partial charge on any atom is -0.374 e. The smallest absolute Gasteiger partial charge is 0.0976 e. The molecule has 0 aliphatic carbocycles. The van der Waals surface area contributed by atoms with Crippen LogP contribution in [0.25, 0.3) is 0 Å². The van der Waals surface area contributed by atoms with Crippen molar-refractivity contribution in [2.45, 2.75) is 32.6 Å². The third-order valence-corrected chi connectivity index (χ3v) is 2.66. The zero-order valence-corrected chi connectivity index (χ0v) is 8.58. The number of allylic oxidation sites excluding steroid dienone is 2. The summed E-state index contributed by atoms with van der Waals surface area (Å²) in [4.78, 5) is 2.22. The van der Waals surface area contributed by atoms with Crippen molar-refractivity contribution in [1.82, 2.24) is 4.90 Å². The number of rotatable bonds is 2. The van der Waals surface area contributed by atoms with Gasteiger partial charge in [-0.05, 0) is 26.2 Å². The number of piperidine rings is 1. The quantitative estimate of drug-likeness (QED) is 0.625. The molecule has 1 aliphatic heterocycles. The van der Waals surface area contributed by atoms with Gasteiger partial charge in [-0.15, -0.1) is 0 Å². The van der Waals surface area contributed by atoms with E-state index in [9.17, 15) is 0 Å². The summed E-state index contributed by atoms with van der Waals surface area (Å²) in [6.45, 7) is 4.01. The maximum atomic E-state index is 8.87. The van der Waals surface area contributed by atoms with Gasteiger partial charge in [0, 0.05) is 18.8 Å². The molecule has 3 heteroatoms. The molecule has 1 aliphatic rings. The third kappa shape index (κ3) is 2.50. The van der Waals surface area contributed by atoms with E-state index in [0.717, 1.165) is 18.8 Å². The molecule has 74 valence electrons. The van der Waals surface area contributed by atoms with E-state index in [1.54, 1.807) is 0 Å². The molecule has 3 nitrogen and oxygen atoms in total. The standard InChI is InChI=1S/C11H15N3/c1-10(11(9-13)5-6-12)14-7-3-2-4-8-14/h2-5,7-8H2,1H3/b11-10-. The minimum atomic E-state index is 0.235. The van der Waals surface area contributed by atoms with Crippen LogP contribution < -0.4 is 0 Å². The molecule has 0 spiro atoms. The second kappa shape index (κ2) is 5.29. The van der Waals surface area contributed by atoms with Gasteiger partial charge in [0.15, 0.2) is 0 Å². The van der Waals surface area contributed by atoms with Crippen LogP contribution in [0.1, 0.15) is 32.6 Å². The zero-order valence-electron chi connectivity index (χ0n) is 8.58. The van der Waals surface area contributed by atoms with Crippen molar-refractivity contribution in [3.8, 4) is 12.1 Å². The van der Waals surface area contributed by atoms with Crippen LogP contribution in [0.5, 0.6) is 0 Å². The molecule has 0 saturated carbocycles. The largest absolute Gasteiger partial charge is 0.374 e. The second-order valence-corrected chi connectivity index (χ2v) is 3.56. The van der Waals surface area contributed by atoms with Crippen LogP contribution in [0.2, 0.25) is 0 Å². The number of nitrogens with zero attached hydrogens (tertiary/aromatic N) is 3. The molecule has 0 aromatic carbocycles. The average molecular weight is 189 g/mol. The van der Waals surface area contributed by atoms with Gasteiger partial charge in [0.25, 0.3) is 0 Å². The Balaban J connectivity index is 2.73. The predicted octanol–water partition coefficient (Wildman–Crippen LogP) is 2.18. The van der Waals surface area contributed by atoms with Crippen LogP contribution in [-0.4, -0.2) is 18.0 Å². The fraction of sp³-hybridized carbons (Fsp3) is 0.636. The Hall–Kier alpha value is -1.48. The minimum absolute atomic E-state index is 0.235. The Kier molecular flexibility index (Phi) is 4.01. The van der Waals surface area contributed by atoms with E-state index in [0.29, 0.717) is 5.57 Å². The lowest BCUT2D eigenvalue weighted by molar-refractivity contribution is 0.284. The summed E-state index contributed by atoms with van der Waals surface area (Å²) in [6, 6.07) is 4.15. The molecule has 1 heterocycles. The van der Waals surface area contributed by atoms with Gasteiger partial charge in [-0.3, -0.25) is 0 Å². The van der Waals surface area contributed by atoms with Crippen LogP contribution in [0.3, 0.4) is 0 Å². The molecule has 1 rings (SSSR count). The first-order valence-corrected chi connectivity index (χ1v) is 5.01. The van der Waals surface area contributed by atoms with Gasteiger partial charge >= 0.3 is 0 Å². The zero-order chi connectivity index (χ0) is 10.4. The van der Waals surface area contributed by atoms with Crippen LogP contribution >= 0.6 is 0 Å². The molecule has 1 saturated heterocycles. The highest BCUT2D eigenvalue weighted by atomic mass is 15.1. The number of likely N-dealkylation sites (tertiary alicyclic amines) is 1. The van der Waals surface area contributed by atoms with Gasteiger partial charge in [0.05, 0.1) is 24.1 Å². The van der Waals surface area contributed by atoms with Gasteiger partial charge in [-0.1, -0.05) is 0 Å². The summed E-state index contributed by atoms with van der Waals surface area (Å²) in [5, 5.41) is 17.4. The molecule has 0 amide bonds. The topological polar surface area (TPSA) is 50.8 Å². The normalized spacial score (nSPS) is 18.1. The lowest BCUT2D eigenvalue weighted by atomic mass is 10.1. The molecule has 0 unspecified atom stereocenters. The molecule has 0 radical (unpaired) electrons. The van der Waals surface area contributed by atoms with Gasteiger partial charge in [-0.2, -0.15) is 10.5 Å². The summed E-state index contributed by atoms with van der Waals surface area (Å²) in [5.41, 5.74) is 1.61. The van der Waals surface area contributed by atoms with Crippen molar-refractivity contribution in [3.63, 3.8) is 0 Å². The molecule has 0 aromatic rings. The lowest BCUT2D eigenvalue weighted by Crippen LogP contribution is -2.28. The first-order valence-electron chi connectivity index (χ1n) is 5.01. The summed E-state index contributed by atoms with van der Waals surface area (Å²) < 4.78 is 0. The molecule has 14 heavy (non-hydrogen) atoms. The van der Waals surface area contributed by atoms with Gasteiger partial charge < -0.3 is 4.90 Å². The van der Waals surface area contributed by atoms with Crippen molar-refractivity contribution in [3.05, 3.63) is 11.3 Å². The predicted molar refractivity (Wildman–Crippen MR) is 54.0 cm³/mol. The van der Waals surface area contributed by atoms with Crippen LogP contribution in [0.4, 0.5) is 0 Å². The van der Waals surface area contributed by atoms with E-state index in [1.165, 1.54) is 19.3 Å². The van der Waals surface area contributed by atoms with Crippen molar-refractivity contribution >= 4 is 0 Å². The Morgan fingerprint density at radius 3 is 2.36 bits per heavy atom.